The van der Waals surface area contributed by atoms with Crippen LogP contribution in [0.4, 0.5) is 0 Å². The SMILES string of the molecule is C=C1CCNC(NC)C1. The predicted molar refractivity (Wildman–Crippen MR) is 39.2 cm³/mol. The van der Waals surface area contributed by atoms with E-state index in [0.29, 0.717) is 6.17 Å². The van der Waals surface area contributed by atoms with Crippen LogP contribution in [0.15, 0.2) is 12.2 Å². The van der Waals surface area contributed by atoms with Gasteiger partial charge < -0.3 is 10.6 Å². The maximum atomic E-state index is 3.93. The molecule has 1 atom stereocenters. The van der Waals surface area contributed by atoms with Gasteiger partial charge in [-0.25, -0.2) is 0 Å². The first-order valence-electron chi connectivity index (χ1n) is 3.40. The predicted octanol–water partition coefficient (Wildman–Crippen LogP) is 0.471. The number of hydrogen-bond acceptors (Lipinski definition) is 2. The summed E-state index contributed by atoms with van der Waals surface area (Å²) in [5, 5.41) is 6.49. The van der Waals surface area contributed by atoms with Crippen LogP contribution in [-0.2, 0) is 0 Å². The van der Waals surface area contributed by atoms with Crippen molar-refractivity contribution >= 4 is 0 Å². The third kappa shape index (κ3) is 1.80. The Morgan fingerprint density at radius 3 is 3.00 bits per heavy atom. The summed E-state index contributed by atoms with van der Waals surface area (Å²) in [6, 6.07) is 0. The van der Waals surface area contributed by atoms with Gasteiger partial charge >= 0.3 is 0 Å². The topological polar surface area (TPSA) is 24.1 Å². The van der Waals surface area contributed by atoms with Crippen LogP contribution in [0.3, 0.4) is 0 Å². The molecule has 0 spiro atoms. The molecule has 0 radical (unpaired) electrons. The maximum absolute atomic E-state index is 3.93. The molecule has 1 aliphatic heterocycles. The van der Waals surface area contributed by atoms with Gasteiger partial charge in [0, 0.05) is 6.54 Å². The molecule has 52 valence electrons. The first-order valence-corrected chi connectivity index (χ1v) is 3.40. The molecule has 2 nitrogen and oxygen atoms in total. The summed E-state index contributed by atoms with van der Waals surface area (Å²) in [6.07, 6.45) is 2.68. The Balaban J connectivity index is 2.32. The molecule has 1 rings (SSSR count). The monoisotopic (exact) mass is 126 g/mol. The second-order valence-corrected chi connectivity index (χ2v) is 2.50. The van der Waals surface area contributed by atoms with Crippen molar-refractivity contribution < 1.29 is 0 Å². The minimum absolute atomic E-state index is 0.464. The maximum Gasteiger partial charge on any atom is 0.0607 e. The van der Waals surface area contributed by atoms with Crippen LogP contribution in [-0.4, -0.2) is 19.8 Å². The standard InChI is InChI=1S/C7H14N2/c1-6-3-4-9-7(5-6)8-2/h7-9H,1,3-5H2,2H3. The molecule has 1 saturated heterocycles. The van der Waals surface area contributed by atoms with Gasteiger partial charge in [-0.1, -0.05) is 12.2 Å². The second kappa shape index (κ2) is 2.99. The van der Waals surface area contributed by atoms with Gasteiger partial charge in [-0.2, -0.15) is 0 Å². The Hall–Kier alpha value is -0.340. The summed E-state index contributed by atoms with van der Waals surface area (Å²) in [6.45, 7) is 5.01. The molecular weight excluding hydrogens is 112 g/mol. The first-order chi connectivity index (χ1) is 4.33. The highest BCUT2D eigenvalue weighted by atomic mass is 15.1. The molecule has 0 bridgehead atoms. The molecule has 9 heavy (non-hydrogen) atoms. The fourth-order valence-electron chi connectivity index (χ4n) is 1.09. The summed E-state index contributed by atoms with van der Waals surface area (Å²) in [5.41, 5.74) is 1.35. The van der Waals surface area contributed by atoms with Crippen molar-refractivity contribution in [2.24, 2.45) is 0 Å². The van der Waals surface area contributed by atoms with E-state index in [1.54, 1.807) is 0 Å². The number of hydrogen-bond donors (Lipinski definition) is 2. The summed E-state index contributed by atoms with van der Waals surface area (Å²) >= 11 is 0. The van der Waals surface area contributed by atoms with Crippen molar-refractivity contribution in [2.75, 3.05) is 13.6 Å². The Kier molecular flexibility index (Phi) is 2.25. The van der Waals surface area contributed by atoms with E-state index in [1.165, 1.54) is 5.57 Å². The van der Waals surface area contributed by atoms with E-state index in [9.17, 15) is 0 Å². The van der Waals surface area contributed by atoms with E-state index in [2.05, 4.69) is 17.2 Å². The van der Waals surface area contributed by atoms with Crippen LogP contribution in [0.25, 0.3) is 0 Å². The first kappa shape index (κ1) is 6.78. The highest BCUT2D eigenvalue weighted by molar-refractivity contribution is 5.00. The van der Waals surface area contributed by atoms with E-state index < -0.39 is 0 Å². The van der Waals surface area contributed by atoms with E-state index >= 15 is 0 Å². The van der Waals surface area contributed by atoms with Crippen LogP contribution in [0.1, 0.15) is 12.8 Å². The molecule has 2 heteroatoms. The van der Waals surface area contributed by atoms with Gasteiger partial charge in [0.1, 0.15) is 0 Å². The molecule has 1 heterocycles. The Bertz CT molecular complexity index is 109. The van der Waals surface area contributed by atoms with Crippen molar-refractivity contribution in [2.45, 2.75) is 19.0 Å². The number of rotatable bonds is 1. The molecule has 1 aliphatic rings. The largest absolute Gasteiger partial charge is 0.305 e. The minimum atomic E-state index is 0.464. The van der Waals surface area contributed by atoms with Gasteiger partial charge in [-0.3, -0.25) is 0 Å². The van der Waals surface area contributed by atoms with Gasteiger partial charge in [0.2, 0.25) is 0 Å². The zero-order chi connectivity index (χ0) is 6.69. The number of piperidine rings is 1. The van der Waals surface area contributed by atoms with E-state index in [0.717, 1.165) is 19.4 Å². The van der Waals surface area contributed by atoms with Crippen molar-refractivity contribution in [3.8, 4) is 0 Å². The average molecular weight is 126 g/mol. The Morgan fingerprint density at radius 1 is 1.78 bits per heavy atom. The molecule has 0 aromatic heterocycles. The highest BCUT2D eigenvalue weighted by Crippen LogP contribution is 2.09. The summed E-state index contributed by atoms with van der Waals surface area (Å²) in [7, 11) is 1.97. The highest BCUT2D eigenvalue weighted by Gasteiger charge is 2.11. The molecule has 1 fully saturated rings. The zero-order valence-electron chi connectivity index (χ0n) is 5.91. The molecule has 0 aromatic rings. The van der Waals surface area contributed by atoms with Crippen molar-refractivity contribution in [1.82, 2.24) is 10.6 Å². The third-order valence-electron chi connectivity index (χ3n) is 1.71. The van der Waals surface area contributed by atoms with Crippen molar-refractivity contribution in [3.05, 3.63) is 12.2 Å². The van der Waals surface area contributed by atoms with Gasteiger partial charge in [-0.05, 0) is 19.9 Å². The molecule has 0 saturated carbocycles. The summed E-state index contributed by atoms with van der Waals surface area (Å²) in [5.74, 6) is 0. The fraction of sp³-hybridized carbons (Fsp3) is 0.714. The van der Waals surface area contributed by atoms with Crippen LogP contribution in [0.2, 0.25) is 0 Å². The van der Waals surface area contributed by atoms with Crippen LogP contribution >= 0.6 is 0 Å². The molecule has 0 aliphatic carbocycles. The van der Waals surface area contributed by atoms with Gasteiger partial charge in [-0.15, -0.1) is 0 Å². The zero-order valence-corrected chi connectivity index (χ0v) is 5.91. The molecule has 2 N–H and O–H groups in total. The molecular formula is C7H14N2. The van der Waals surface area contributed by atoms with Crippen LogP contribution in [0, 0.1) is 0 Å². The van der Waals surface area contributed by atoms with E-state index in [-0.39, 0.29) is 0 Å². The minimum Gasteiger partial charge on any atom is -0.305 e. The Morgan fingerprint density at radius 2 is 2.56 bits per heavy atom. The smallest absolute Gasteiger partial charge is 0.0607 e. The lowest BCUT2D eigenvalue weighted by Gasteiger charge is -2.24. The quantitative estimate of drug-likeness (QED) is 0.499. The van der Waals surface area contributed by atoms with E-state index in [1.807, 2.05) is 7.05 Å². The number of nitrogens with one attached hydrogen (secondary N) is 2. The molecule has 0 aromatic carbocycles. The normalized spacial score (nSPS) is 28.6. The Labute approximate surface area is 56.3 Å². The lowest BCUT2D eigenvalue weighted by Crippen LogP contribution is -2.43. The van der Waals surface area contributed by atoms with Crippen molar-refractivity contribution in [3.63, 3.8) is 0 Å². The third-order valence-corrected chi connectivity index (χ3v) is 1.71. The lowest BCUT2D eigenvalue weighted by molar-refractivity contribution is 0.417. The summed E-state index contributed by atoms with van der Waals surface area (Å²) < 4.78 is 0. The average Bonchev–Trinajstić information content (AvgIpc) is 1.88. The van der Waals surface area contributed by atoms with Gasteiger partial charge in [0.25, 0.3) is 0 Å². The molecule has 1 unspecified atom stereocenters. The van der Waals surface area contributed by atoms with Crippen LogP contribution < -0.4 is 10.6 Å². The van der Waals surface area contributed by atoms with E-state index in [4.69, 9.17) is 0 Å². The second-order valence-electron chi connectivity index (χ2n) is 2.50. The lowest BCUT2D eigenvalue weighted by atomic mass is 10.1. The van der Waals surface area contributed by atoms with Gasteiger partial charge in [0.15, 0.2) is 0 Å². The van der Waals surface area contributed by atoms with Crippen molar-refractivity contribution in [1.29, 1.82) is 0 Å². The van der Waals surface area contributed by atoms with Gasteiger partial charge in [0.05, 0.1) is 6.17 Å². The molecule has 0 amide bonds. The van der Waals surface area contributed by atoms with Crippen LogP contribution in [0.5, 0.6) is 0 Å². The fourth-order valence-corrected chi connectivity index (χ4v) is 1.09. The summed E-state index contributed by atoms with van der Waals surface area (Å²) in [4.78, 5) is 0.